The molecular weight excluding hydrogens is 288 g/mol. The summed E-state index contributed by atoms with van der Waals surface area (Å²) in [5, 5.41) is 2.75. The van der Waals surface area contributed by atoms with Crippen LogP contribution in [0.15, 0.2) is 42.5 Å². The van der Waals surface area contributed by atoms with Crippen molar-refractivity contribution < 1.29 is 18.3 Å². The number of carbonyl (C=O) groups is 1. The molecule has 0 bridgehead atoms. The van der Waals surface area contributed by atoms with Gasteiger partial charge in [-0.25, -0.2) is 8.78 Å². The first-order chi connectivity index (χ1) is 10.5. The summed E-state index contributed by atoms with van der Waals surface area (Å²) in [5.74, 6) is -2.11. The number of benzene rings is 2. The van der Waals surface area contributed by atoms with Crippen LogP contribution in [-0.2, 0) is 11.3 Å². The first-order valence-electron chi connectivity index (χ1n) is 6.85. The maximum atomic E-state index is 13.2. The Balaban J connectivity index is 2.05. The lowest BCUT2D eigenvalue weighted by Crippen LogP contribution is -2.26. The quantitative estimate of drug-likeness (QED) is 0.916. The van der Waals surface area contributed by atoms with Crippen molar-refractivity contribution in [2.24, 2.45) is 0 Å². The first kappa shape index (κ1) is 16.1. The fraction of sp³-hybridized carbons (Fsp3) is 0.235. The van der Waals surface area contributed by atoms with Gasteiger partial charge in [0.15, 0.2) is 11.6 Å². The number of nitrogens with one attached hydrogen (secondary N) is 1. The van der Waals surface area contributed by atoms with Gasteiger partial charge < -0.3 is 10.1 Å². The lowest BCUT2D eigenvalue weighted by atomic mass is 10.1. The zero-order chi connectivity index (χ0) is 16.1. The van der Waals surface area contributed by atoms with Gasteiger partial charge in [0, 0.05) is 12.7 Å². The van der Waals surface area contributed by atoms with E-state index in [9.17, 15) is 13.6 Å². The van der Waals surface area contributed by atoms with Gasteiger partial charge in [0.05, 0.1) is 12.6 Å². The van der Waals surface area contributed by atoms with E-state index < -0.39 is 17.7 Å². The lowest BCUT2D eigenvalue weighted by Gasteiger charge is -2.15. The van der Waals surface area contributed by atoms with Crippen molar-refractivity contribution in [3.05, 3.63) is 70.8 Å². The van der Waals surface area contributed by atoms with Crippen molar-refractivity contribution in [1.29, 1.82) is 0 Å². The Kier molecular flexibility index (Phi) is 5.22. The van der Waals surface area contributed by atoms with Gasteiger partial charge in [-0.15, -0.1) is 0 Å². The largest absolute Gasteiger partial charge is 0.380 e. The van der Waals surface area contributed by atoms with E-state index in [-0.39, 0.29) is 5.91 Å². The Labute approximate surface area is 127 Å². The van der Waals surface area contributed by atoms with Gasteiger partial charge in [-0.2, -0.15) is 0 Å². The summed E-state index contributed by atoms with van der Waals surface area (Å²) in [7, 11) is 1.60. The summed E-state index contributed by atoms with van der Waals surface area (Å²) in [6.45, 7) is 2.19. The summed E-state index contributed by atoms with van der Waals surface area (Å²) in [6, 6.07) is 10.2. The highest BCUT2D eigenvalue weighted by Gasteiger charge is 2.13. The molecule has 0 saturated carbocycles. The Bertz CT molecular complexity index is 656. The number of methoxy groups -OCH3 is 1. The normalized spacial score (nSPS) is 12.0. The van der Waals surface area contributed by atoms with E-state index in [4.69, 9.17) is 4.74 Å². The predicted octanol–water partition coefficient (Wildman–Crippen LogP) is 3.60. The molecule has 5 heteroatoms. The summed E-state index contributed by atoms with van der Waals surface area (Å²) >= 11 is 0. The van der Waals surface area contributed by atoms with Gasteiger partial charge in [-0.05, 0) is 42.3 Å². The smallest absolute Gasteiger partial charge is 0.251 e. The molecule has 2 rings (SSSR count). The van der Waals surface area contributed by atoms with Crippen molar-refractivity contribution in [1.82, 2.24) is 5.32 Å². The molecule has 0 fully saturated rings. The van der Waals surface area contributed by atoms with Crippen LogP contribution in [0.1, 0.15) is 34.5 Å². The maximum Gasteiger partial charge on any atom is 0.251 e. The van der Waals surface area contributed by atoms with Gasteiger partial charge in [-0.3, -0.25) is 4.79 Å². The molecule has 2 aromatic rings. The number of rotatable bonds is 5. The molecule has 22 heavy (non-hydrogen) atoms. The number of halogens is 2. The van der Waals surface area contributed by atoms with Crippen molar-refractivity contribution >= 4 is 5.91 Å². The molecule has 0 radical (unpaired) electrons. The third-order valence-corrected chi connectivity index (χ3v) is 3.32. The molecule has 1 N–H and O–H groups in total. The van der Waals surface area contributed by atoms with Crippen LogP contribution in [0.3, 0.4) is 0 Å². The Morgan fingerprint density at radius 3 is 2.41 bits per heavy atom. The molecule has 116 valence electrons. The molecule has 1 amide bonds. The molecule has 0 heterocycles. The second-order valence-corrected chi connectivity index (χ2v) is 5.00. The highest BCUT2D eigenvalue weighted by molar-refractivity contribution is 5.94. The molecule has 0 aliphatic rings. The maximum absolute atomic E-state index is 13.2. The molecule has 1 atom stereocenters. The number of hydrogen-bond acceptors (Lipinski definition) is 2. The van der Waals surface area contributed by atoms with E-state index >= 15 is 0 Å². The lowest BCUT2D eigenvalue weighted by molar-refractivity contribution is 0.0939. The van der Waals surface area contributed by atoms with Gasteiger partial charge in [0.1, 0.15) is 0 Å². The molecule has 3 nitrogen and oxygen atoms in total. The molecule has 0 aromatic heterocycles. The van der Waals surface area contributed by atoms with Crippen LogP contribution >= 0.6 is 0 Å². The average Bonchev–Trinajstić information content (AvgIpc) is 2.51. The second-order valence-electron chi connectivity index (χ2n) is 5.00. The van der Waals surface area contributed by atoms with Crippen LogP contribution < -0.4 is 5.32 Å². The average molecular weight is 305 g/mol. The third kappa shape index (κ3) is 3.89. The van der Waals surface area contributed by atoms with Crippen molar-refractivity contribution in [2.45, 2.75) is 19.6 Å². The minimum absolute atomic E-state index is 0.277. The highest BCUT2D eigenvalue weighted by Crippen LogP contribution is 2.16. The number of amides is 1. The topological polar surface area (TPSA) is 38.3 Å². The molecule has 0 aliphatic carbocycles. The standard InChI is InChI=1S/C17H17F2NO2/c1-11(14-7-8-15(18)16(19)9-14)20-17(21)13-5-3-12(4-6-13)10-22-2/h3-9,11H,10H2,1-2H3,(H,20,21). The first-order valence-corrected chi connectivity index (χ1v) is 6.85. The van der Waals surface area contributed by atoms with E-state index in [1.54, 1.807) is 38.3 Å². The summed E-state index contributed by atoms with van der Waals surface area (Å²) in [6.07, 6.45) is 0. The fourth-order valence-electron chi connectivity index (χ4n) is 2.06. The summed E-state index contributed by atoms with van der Waals surface area (Å²) < 4.78 is 31.1. The van der Waals surface area contributed by atoms with Crippen LogP contribution in [0, 0.1) is 11.6 Å². The molecule has 0 spiro atoms. The number of hydrogen-bond donors (Lipinski definition) is 1. The van der Waals surface area contributed by atoms with E-state index in [2.05, 4.69) is 5.32 Å². The van der Waals surface area contributed by atoms with Gasteiger partial charge in [-0.1, -0.05) is 18.2 Å². The van der Waals surface area contributed by atoms with Crippen LogP contribution in [0.4, 0.5) is 8.78 Å². The Morgan fingerprint density at radius 2 is 1.82 bits per heavy atom. The molecule has 0 saturated heterocycles. The zero-order valence-corrected chi connectivity index (χ0v) is 12.4. The van der Waals surface area contributed by atoms with E-state index in [1.165, 1.54) is 6.07 Å². The summed E-state index contributed by atoms with van der Waals surface area (Å²) in [4.78, 5) is 12.1. The predicted molar refractivity (Wildman–Crippen MR) is 79.4 cm³/mol. The molecule has 1 unspecified atom stereocenters. The van der Waals surface area contributed by atoms with Crippen LogP contribution in [0.5, 0.6) is 0 Å². The van der Waals surface area contributed by atoms with E-state index in [1.807, 2.05) is 0 Å². The van der Waals surface area contributed by atoms with Crippen molar-refractivity contribution in [3.63, 3.8) is 0 Å². The highest BCUT2D eigenvalue weighted by atomic mass is 19.2. The van der Waals surface area contributed by atoms with Gasteiger partial charge >= 0.3 is 0 Å². The second kappa shape index (κ2) is 7.13. The minimum atomic E-state index is -0.928. The Morgan fingerprint density at radius 1 is 1.14 bits per heavy atom. The number of ether oxygens (including phenoxy) is 1. The van der Waals surface area contributed by atoms with E-state index in [0.717, 1.165) is 17.7 Å². The SMILES string of the molecule is COCc1ccc(C(=O)NC(C)c2ccc(F)c(F)c2)cc1. The molecule has 0 aliphatic heterocycles. The van der Waals surface area contributed by atoms with Crippen molar-refractivity contribution in [3.8, 4) is 0 Å². The zero-order valence-electron chi connectivity index (χ0n) is 12.4. The molecule has 2 aromatic carbocycles. The number of carbonyl (C=O) groups excluding carboxylic acids is 1. The monoisotopic (exact) mass is 305 g/mol. The Hall–Kier alpha value is -2.27. The minimum Gasteiger partial charge on any atom is -0.380 e. The van der Waals surface area contributed by atoms with E-state index in [0.29, 0.717) is 17.7 Å². The van der Waals surface area contributed by atoms with Gasteiger partial charge in [0.2, 0.25) is 0 Å². The third-order valence-electron chi connectivity index (χ3n) is 3.32. The fourth-order valence-corrected chi connectivity index (χ4v) is 2.06. The van der Waals surface area contributed by atoms with Crippen LogP contribution in [0.25, 0.3) is 0 Å². The van der Waals surface area contributed by atoms with Gasteiger partial charge in [0.25, 0.3) is 5.91 Å². The summed E-state index contributed by atoms with van der Waals surface area (Å²) in [5.41, 5.74) is 1.96. The van der Waals surface area contributed by atoms with Crippen LogP contribution in [-0.4, -0.2) is 13.0 Å². The van der Waals surface area contributed by atoms with Crippen LogP contribution in [0.2, 0.25) is 0 Å². The molecular formula is C17H17F2NO2. The van der Waals surface area contributed by atoms with Crippen molar-refractivity contribution in [2.75, 3.05) is 7.11 Å².